The van der Waals surface area contributed by atoms with E-state index in [2.05, 4.69) is 9.97 Å². The molecule has 0 saturated carbocycles. The molecule has 2 heterocycles. The number of carbonyl (C=O) groups is 2. The largest absolute Gasteiger partial charge is 0.493 e. The van der Waals surface area contributed by atoms with Crippen LogP contribution >= 0.6 is 0 Å². The SMILES string of the molecule is CF.COc1cc(C(CC(=O)N(C)CCC(CC=O)c2c[nH]c3ccccc23)c2c[nH]c3ccc(F)cc23)cc(OC)c1OC. The van der Waals surface area contributed by atoms with Gasteiger partial charge in [-0.3, -0.25) is 9.18 Å². The molecule has 5 rings (SSSR count). The molecular weight excluding hydrogens is 580 g/mol. The number of aromatic nitrogens is 2. The maximum Gasteiger partial charge on any atom is 0.223 e. The quantitative estimate of drug-likeness (QED) is 0.137. The van der Waals surface area contributed by atoms with Gasteiger partial charge in [0.1, 0.15) is 12.1 Å². The number of aldehydes is 1. The highest BCUT2D eigenvalue weighted by molar-refractivity contribution is 5.86. The Morgan fingerprint density at radius 1 is 0.889 bits per heavy atom. The molecule has 238 valence electrons. The maximum absolute atomic E-state index is 14.4. The third-order valence-electron chi connectivity index (χ3n) is 8.20. The molecule has 0 aliphatic rings. The van der Waals surface area contributed by atoms with Gasteiger partial charge in [-0.15, -0.1) is 0 Å². The number of hydrogen-bond acceptors (Lipinski definition) is 5. The predicted molar refractivity (Wildman–Crippen MR) is 172 cm³/mol. The van der Waals surface area contributed by atoms with Gasteiger partial charge in [-0.25, -0.2) is 4.39 Å². The van der Waals surface area contributed by atoms with E-state index in [4.69, 9.17) is 14.2 Å². The first-order chi connectivity index (χ1) is 21.9. The van der Waals surface area contributed by atoms with Crippen LogP contribution < -0.4 is 14.2 Å². The summed E-state index contributed by atoms with van der Waals surface area (Å²) >= 11 is 0. The zero-order valence-electron chi connectivity index (χ0n) is 26.2. The number of halogens is 2. The summed E-state index contributed by atoms with van der Waals surface area (Å²) < 4.78 is 40.6. The van der Waals surface area contributed by atoms with Crippen LogP contribution in [0.15, 0.2) is 67.0 Å². The van der Waals surface area contributed by atoms with E-state index in [1.165, 1.54) is 19.2 Å². The Kier molecular flexibility index (Phi) is 11.2. The highest BCUT2D eigenvalue weighted by Gasteiger charge is 2.27. The number of H-pyrrole nitrogens is 2. The zero-order valence-corrected chi connectivity index (χ0v) is 26.2. The third kappa shape index (κ3) is 7.11. The van der Waals surface area contributed by atoms with Gasteiger partial charge in [0.15, 0.2) is 11.5 Å². The second-order valence-electron chi connectivity index (χ2n) is 10.6. The van der Waals surface area contributed by atoms with Crippen molar-refractivity contribution in [3.05, 3.63) is 89.5 Å². The van der Waals surface area contributed by atoms with Crippen LogP contribution in [-0.2, 0) is 9.59 Å². The summed E-state index contributed by atoms with van der Waals surface area (Å²) in [5.74, 6) is 0.435. The summed E-state index contributed by atoms with van der Waals surface area (Å²) in [6.45, 7) is 0.460. The molecule has 2 unspecified atom stereocenters. The van der Waals surface area contributed by atoms with Crippen molar-refractivity contribution >= 4 is 34.0 Å². The monoisotopic (exact) mass is 619 g/mol. The lowest BCUT2D eigenvalue weighted by Crippen LogP contribution is -2.30. The van der Waals surface area contributed by atoms with E-state index in [0.717, 1.165) is 39.4 Å². The van der Waals surface area contributed by atoms with E-state index in [-0.39, 0.29) is 24.1 Å². The minimum atomic E-state index is -0.446. The molecule has 0 radical (unpaired) electrons. The molecule has 2 aromatic heterocycles. The second-order valence-corrected chi connectivity index (χ2v) is 10.6. The Labute approximate surface area is 261 Å². The Hall–Kier alpha value is -4.86. The van der Waals surface area contributed by atoms with Crippen molar-refractivity contribution in [3.63, 3.8) is 0 Å². The average molecular weight is 620 g/mol. The number of alkyl halides is 1. The predicted octanol–water partition coefficient (Wildman–Crippen LogP) is 7.14. The van der Waals surface area contributed by atoms with Crippen LogP contribution in [0.3, 0.4) is 0 Å². The Morgan fingerprint density at radius 2 is 1.53 bits per heavy atom. The fourth-order valence-corrected chi connectivity index (χ4v) is 5.87. The molecule has 0 bridgehead atoms. The first-order valence-corrected chi connectivity index (χ1v) is 14.6. The molecule has 3 aromatic carbocycles. The molecule has 0 aliphatic carbocycles. The number of ether oxygens (including phenoxy) is 3. The number of rotatable bonds is 13. The summed E-state index contributed by atoms with van der Waals surface area (Å²) in [5.41, 5.74) is 4.40. The second kappa shape index (κ2) is 15.2. The van der Waals surface area contributed by atoms with Crippen molar-refractivity contribution in [1.29, 1.82) is 0 Å². The molecule has 10 heteroatoms. The summed E-state index contributed by atoms with van der Waals surface area (Å²) in [6, 6.07) is 16.2. The van der Waals surface area contributed by atoms with Crippen molar-refractivity contribution in [1.82, 2.24) is 14.9 Å². The molecule has 8 nitrogen and oxygen atoms in total. The number of hydrogen-bond donors (Lipinski definition) is 2. The number of amides is 1. The molecule has 0 aliphatic heterocycles. The van der Waals surface area contributed by atoms with Crippen molar-refractivity contribution in [2.24, 2.45) is 0 Å². The summed E-state index contributed by atoms with van der Waals surface area (Å²) in [6.07, 6.45) is 5.81. The Balaban J connectivity index is 0.00000226. The van der Waals surface area contributed by atoms with E-state index in [0.29, 0.717) is 49.2 Å². The van der Waals surface area contributed by atoms with Crippen LogP contribution in [0.1, 0.15) is 47.8 Å². The fourth-order valence-electron chi connectivity index (χ4n) is 5.87. The van der Waals surface area contributed by atoms with Gasteiger partial charge in [-0.2, -0.15) is 0 Å². The normalized spacial score (nSPS) is 12.2. The standard InChI is InChI=1S/C34H36FN3O5.CH3F/c1-38(13-11-21(12-14-39)27-19-36-29-8-6-5-7-24(27)29)33(40)18-25(28-20-37-30-10-9-23(35)17-26(28)30)22-15-31(41-2)34(43-4)32(16-22)42-3;1-2/h5-10,14-17,19-21,25,36-37H,11-13,18H2,1-4H3;1H3. The number of benzene rings is 3. The first-order valence-electron chi connectivity index (χ1n) is 14.6. The summed E-state index contributed by atoms with van der Waals surface area (Å²) in [5, 5.41) is 1.77. The number of aromatic amines is 2. The molecule has 0 spiro atoms. The van der Waals surface area contributed by atoms with E-state index >= 15 is 0 Å². The van der Waals surface area contributed by atoms with Gasteiger partial charge in [0.2, 0.25) is 11.7 Å². The molecular formula is C35H39F2N3O5. The topological polar surface area (TPSA) is 96.7 Å². The van der Waals surface area contributed by atoms with Crippen molar-refractivity contribution in [2.45, 2.75) is 31.1 Å². The Morgan fingerprint density at radius 3 is 2.18 bits per heavy atom. The molecule has 1 amide bonds. The fraction of sp³-hybridized carbons (Fsp3) is 0.314. The molecule has 0 saturated heterocycles. The average Bonchev–Trinajstić information content (AvgIpc) is 3.69. The van der Waals surface area contributed by atoms with Crippen LogP contribution in [0.4, 0.5) is 8.78 Å². The van der Waals surface area contributed by atoms with Gasteiger partial charge in [0.25, 0.3) is 0 Å². The minimum Gasteiger partial charge on any atom is -0.493 e. The minimum absolute atomic E-state index is 0.0357. The number of methoxy groups -OCH3 is 3. The summed E-state index contributed by atoms with van der Waals surface area (Å²) in [7, 11) is 6.89. The van der Waals surface area contributed by atoms with Gasteiger partial charge >= 0.3 is 0 Å². The lowest BCUT2D eigenvalue weighted by Gasteiger charge is -2.25. The van der Waals surface area contributed by atoms with Crippen molar-refractivity contribution < 1.29 is 32.6 Å². The zero-order chi connectivity index (χ0) is 32.5. The smallest absolute Gasteiger partial charge is 0.223 e. The van der Waals surface area contributed by atoms with Gasteiger partial charge < -0.3 is 33.9 Å². The third-order valence-corrected chi connectivity index (χ3v) is 8.20. The molecule has 0 fully saturated rings. The highest BCUT2D eigenvalue weighted by Crippen LogP contribution is 2.43. The first kappa shape index (κ1) is 33.0. The lowest BCUT2D eigenvalue weighted by atomic mass is 9.87. The van der Waals surface area contributed by atoms with Crippen LogP contribution in [0.25, 0.3) is 21.8 Å². The number of carbonyl (C=O) groups excluding carboxylic acids is 2. The van der Waals surface area contributed by atoms with Gasteiger partial charge in [0, 0.05) is 66.6 Å². The van der Waals surface area contributed by atoms with Gasteiger partial charge in [0.05, 0.1) is 28.5 Å². The number of nitrogens with one attached hydrogen (secondary N) is 2. The van der Waals surface area contributed by atoms with E-state index in [9.17, 15) is 18.4 Å². The van der Waals surface area contributed by atoms with E-state index in [1.807, 2.05) is 48.8 Å². The van der Waals surface area contributed by atoms with Crippen molar-refractivity contribution in [2.75, 3.05) is 42.1 Å². The molecule has 2 atom stereocenters. The summed E-state index contributed by atoms with van der Waals surface area (Å²) in [4.78, 5) is 33.6. The van der Waals surface area contributed by atoms with Gasteiger partial charge in [-0.1, -0.05) is 18.2 Å². The van der Waals surface area contributed by atoms with Crippen LogP contribution in [0, 0.1) is 5.82 Å². The maximum atomic E-state index is 14.4. The van der Waals surface area contributed by atoms with E-state index in [1.54, 1.807) is 32.2 Å². The van der Waals surface area contributed by atoms with Gasteiger partial charge in [-0.05, 0) is 65.4 Å². The highest BCUT2D eigenvalue weighted by atomic mass is 19.1. The number of para-hydroxylation sites is 1. The molecule has 2 N–H and O–H groups in total. The van der Waals surface area contributed by atoms with E-state index < -0.39 is 5.92 Å². The van der Waals surface area contributed by atoms with Crippen molar-refractivity contribution in [3.8, 4) is 17.2 Å². The molecule has 45 heavy (non-hydrogen) atoms. The lowest BCUT2D eigenvalue weighted by molar-refractivity contribution is -0.130. The Bertz CT molecular complexity index is 1720. The molecule has 5 aromatic rings. The van der Waals surface area contributed by atoms with Crippen LogP contribution in [0.5, 0.6) is 17.2 Å². The number of nitrogens with zero attached hydrogens (tertiary/aromatic N) is 1. The van der Waals surface area contributed by atoms with Crippen LogP contribution in [-0.4, -0.2) is 69.2 Å². The number of fused-ring (bicyclic) bond motifs is 2. The van der Waals surface area contributed by atoms with Crippen LogP contribution in [0.2, 0.25) is 0 Å².